The Hall–Kier alpha value is -3.93. The lowest BCUT2D eigenvalue weighted by molar-refractivity contribution is -0.192. The summed E-state index contributed by atoms with van der Waals surface area (Å²) in [5, 5.41) is 16.4. The Morgan fingerprint density at radius 2 is 1.73 bits per heavy atom. The molecule has 4 rings (SSSR count). The van der Waals surface area contributed by atoms with Crippen molar-refractivity contribution in [1.29, 1.82) is 0 Å². The number of rotatable bonds is 9. The molecule has 12 nitrogen and oxygen atoms in total. The zero-order chi connectivity index (χ0) is 33.6. The number of carbonyl (C=O) groups excluding carboxylic acids is 1. The van der Waals surface area contributed by atoms with Crippen LogP contribution in [0.15, 0.2) is 47.5 Å². The van der Waals surface area contributed by atoms with Gasteiger partial charge in [0.1, 0.15) is 5.82 Å². The van der Waals surface area contributed by atoms with Gasteiger partial charge in [-0.05, 0) is 49.1 Å². The number of aliphatic carboxylic acids is 1. The molecule has 0 bridgehead atoms. The predicted molar refractivity (Wildman–Crippen MR) is 154 cm³/mol. The molecule has 1 atom stereocenters. The topological polar surface area (TPSA) is 168 Å². The van der Waals surface area contributed by atoms with Gasteiger partial charge >= 0.3 is 12.1 Å². The number of morpholine rings is 1. The molecule has 246 valence electrons. The van der Waals surface area contributed by atoms with Gasteiger partial charge in [0, 0.05) is 38.0 Å². The smallest absolute Gasteiger partial charge is 0.475 e. The number of ether oxygens (including phenoxy) is 1. The van der Waals surface area contributed by atoms with E-state index in [2.05, 4.69) is 9.88 Å². The van der Waals surface area contributed by atoms with E-state index >= 15 is 4.39 Å². The lowest BCUT2D eigenvalue weighted by Crippen LogP contribution is -2.50. The van der Waals surface area contributed by atoms with E-state index in [1.165, 1.54) is 29.4 Å². The van der Waals surface area contributed by atoms with Gasteiger partial charge in [0.15, 0.2) is 14.6 Å². The Morgan fingerprint density at radius 3 is 2.29 bits per heavy atom. The second kappa shape index (κ2) is 14.4. The lowest BCUT2D eigenvalue weighted by Gasteiger charge is -2.26. The summed E-state index contributed by atoms with van der Waals surface area (Å²) in [6.07, 6.45) is -2.46. The van der Waals surface area contributed by atoms with Crippen molar-refractivity contribution < 1.29 is 50.6 Å². The van der Waals surface area contributed by atoms with Gasteiger partial charge in [-0.25, -0.2) is 28.1 Å². The Kier molecular flexibility index (Phi) is 11.4. The molecule has 0 saturated carbocycles. The predicted octanol–water partition coefficient (Wildman–Crippen LogP) is 2.41. The lowest BCUT2D eigenvalue weighted by atomic mass is 10.0. The van der Waals surface area contributed by atoms with E-state index in [1.54, 1.807) is 24.3 Å². The molecule has 1 aromatic heterocycles. The average Bonchev–Trinajstić information content (AvgIpc) is 2.98. The zero-order valence-electron chi connectivity index (χ0n) is 24.3. The number of amides is 1. The fraction of sp³-hybridized carbons (Fsp3) is 0.429. The van der Waals surface area contributed by atoms with E-state index in [0.717, 1.165) is 51.1 Å². The number of halogens is 4. The highest BCUT2D eigenvalue weighted by Crippen LogP contribution is 2.27. The third-order valence-corrected chi connectivity index (χ3v) is 9.49. The van der Waals surface area contributed by atoms with Crippen LogP contribution in [0.2, 0.25) is 0 Å². The van der Waals surface area contributed by atoms with Crippen LogP contribution in [0.1, 0.15) is 18.9 Å². The fourth-order valence-corrected chi connectivity index (χ4v) is 5.31. The van der Waals surface area contributed by atoms with Crippen LogP contribution in [-0.4, -0.2) is 95.1 Å². The highest BCUT2D eigenvalue weighted by Gasteiger charge is 2.43. The van der Waals surface area contributed by atoms with Gasteiger partial charge in [-0.15, -0.1) is 0 Å². The highest BCUT2D eigenvalue weighted by molar-refractivity contribution is 7.92. The van der Waals surface area contributed by atoms with Crippen LogP contribution >= 0.6 is 0 Å². The molecule has 17 heteroatoms. The first-order chi connectivity index (χ1) is 21.0. The van der Waals surface area contributed by atoms with Gasteiger partial charge < -0.3 is 9.84 Å². The van der Waals surface area contributed by atoms with Crippen LogP contribution < -0.4 is 11.0 Å². The molecule has 1 aliphatic rings. The van der Waals surface area contributed by atoms with Gasteiger partial charge in [0.05, 0.1) is 30.4 Å². The largest absolute Gasteiger partial charge is 0.490 e. The number of benzene rings is 2. The van der Waals surface area contributed by atoms with Crippen LogP contribution in [0.3, 0.4) is 0 Å². The summed E-state index contributed by atoms with van der Waals surface area (Å²) in [6.45, 7) is 5.08. The van der Waals surface area contributed by atoms with Gasteiger partial charge in [-0.1, -0.05) is 18.2 Å². The minimum atomic E-state index is -5.08. The van der Waals surface area contributed by atoms with Crippen LogP contribution in [0, 0.1) is 5.82 Å². The highest BCUT2D eigenvalue weighted by atomic mass is 32.2. The number of aromatic nitrogens is 2. The normalized spacial score (nSPS) is 15.5. The third kappa shape index (κ3) is 8.84. The van der Waals surface area contributed by atoms with Crippen LogP contribution in [0.25, 0.3) is 22.0 Å². The average molecular weight is 661 g/mol. The zero-order valence-corrected chi connectivity index (χ0v) is 25.1. The monoisotopic (exact) mass is 660 g/mol. The Balaban J connectivity index is 0.000000707. The summed E-state index contributed by atoms with van der Waals surface area (Å²) < 4.78 is 75.8. The Morgan fingerprint density at radius 1 is 1.09 bits per heavy atom. The molecule has 2 heterocycles. The summed E-state index contributed by atoms with van der Waals surface area (Å²) >= 11 is 0. The van der Waals surface area contributed by atoms with E-state index in [9.17, 15) is 31.2 Å². The number of hydrogen-bond acceptors (Lipinski definition) is 9. The van der Waals surface area contributed by atoms with Crippen molar-refractivity contribution in [1.82, 2.24) is 19.9 Å². The number of hydroxylamine groups is 1. The van der Waals surface area contributed by atoms with Crippen LogP contribution in [0.4, 0.5) is 17.6 Å². The summed E-state index contributed by atoms with van der Waals surface area (Å²) in [4.78, 5) is 40.6. The summed E-state index contributed by atoms with van der Waals surface area (Å²) in [5.41, 5.74) is 3.18. The maximum absolute atomic E-state index is 15.0. The van der Waals surface area contributed by atoms with E-state index in [4.69, 9.17) is 19.8 Å². The van der Waals surface area contributed by atoms with Gasteiger partial charge in [-0.2, -0.15) is 13.2 Å². The van der Waals surface area contributed by atoms with Crippen LogP contribution in [0.5, 0.6) is 0 Å². The molecule has 3 aromatic rings. The first-order valence-corrected chi connectivity index (χ1v) is 15.4. The number of hydrogen-bond donors (Lipinski definition) is 3. The standard InChI is InChI=1S/C26H31FN4O6S.C2HF3O2/c1-26(25(33)29-34,38(2,35)36)8-10-31-17-28-23-16-19(4-6-21(23)24(31)32)20-5-3-18(15-22(20)27)7-9-30-11-13-37-14-12-30;3-2(4,5)1(6)7/h3-6,15-17,34H,7-14H2,1-2H3,(H,29,33);(H,6,7)/t26-;/m1./s1. The molecular weight excluding hydrogens is 628 g/mol. The summed E-state index contributed by atoms with van der Waals surface area (Å²) in [6, 6.07) is 9.99. The Labute approximate surface area is 255 Å². The van der Waals surface area contributed by atoms with Crippen molar-refractivity contribution in [2.75, 3.05) is 39.1 Å². The number of sulfone groups is 1. The minimum Gasteiger partial charge on any atom is -0.475 e. The quantitative estimate of drug-likeness (QED) is 0.176. The second-order valence-electron chi connectivity index (χ2n) is 10.5. The number of fused-ring (bicyclic) bond motifs is 1. The second-order valence-corrected chi connectivity index (χ2v) is 12.9. The number of carbonyl (C=O) groups is 2. The van der Waals surface area contributed by atoms with Crippen molar-refractivity contribution >= 4 is 32.6 Å². The maximum atomic E-state index is 15.0. The number of carboxylic acids is 1. The molecule has 1 fully saturated rings. The molecule has 0 aliphatic carbocycles. The first-order valence-electron chi connectivity index (χ1n) is 13.5. The minimum absolute atomic E-state index is 0.124. The third-order valence-electron chi connectivity index (χ3n) is 7.46. The molecule has 3 N–H and O–H groups in total. The molecule has 0 unspecified atom stereocenters. The number of nitrogens with one attached hydrogen (secondary N) is 1. The van der Waals surface area contributed by atoms with Crippen molar-refractivity contribution in [3.05, 3.63) is 64.5 Å². The molecule has 0 spiro atoms. The molecule has 2 aromatic carbocycles. The maximum Gasteiger partial charge on any atom is 0.490 e. The van der Waals surface area contributed by atoms with Crippen molar-refractivity contribution in [2.45, 2.75) is 37.2 Å². The van der Waals surface area contributed by atoms with Crippen LogP contribution in [-0.2, 0) is 37.1 Å². The van der Waals surface area contributed by atoms with E-state index in [-0.39, 0.29) is 24.2 Å². The van der Waals surface area contributed by atoms with Crippen molar-refractivity contribution in [2.24, 2.45) is 0 Å². The first kappa shape index (κ1) is 35.5. The van der Waals surface area contributed by atoms with Gasteiger partial charge in [0.2, 0.25) is 0 Å². The van der Waals surface area contributed by atoms with Crippen molar-refractivity contribution in [3.63, 3.8) is 0 Å². The SMILES string of the molecule is C[C@@](CCn1cnc2cc(-c3ccc(CCN4CCOCC4)cc3F)ccc2c1=O)(C(=O)NO)S(C)(=O)=O.O=C(O)C(F)(F)F. The molecule has 0 radical (unpaired) electrons. The number of nitrogens with zero attached hydrogens (tertiary/aromatic N) is 3. The molecule has 1 amide bonds. The number of aryl methyl sites for hydroxylation is 1. The summed E-state index contributed by atoms with van der Waals surface area (Å²) in [5.74, 6) is -4.20. The van der Waals surface area contributed by atoms with Gasteiger partial charge in [0.25, 0.3) is 11.5 Å². The fourth-order valence-electron chi connectivity index (χ4n) is 4.46. The summed E-state index contributed by atoms with van der Waals surface area (Å²) in [7, 11) is -3.91. The molecular formula is C28H32F4N4O8S. The van der Waals surface area contributed by atoms with E-state index in [0.29, 0.717) is 16.6 Å². The van der Waals surface area contributed by atoms with Crippen molar-refractivity contribution in [3.8, 4) is 11.1 Å². The molecule has 45 heavy (non-hydrogen) atoms. The number of alkyl halides is 3. The van der Waals surface area contributed by atoms with Gasteiger partial charge in [-0.3, -0.25) is 24.3 Å². The molecule has 1 saturated heterocycles. The molecule has 1 aliphatic heterocycles. The van der Waals surface area contributed by atoms with E-state index < -0.39 is 38.2 Å². The van der Waals surface area contributed by atoms with E-state index in [1.807, 2.05) is 6.07 Å². The Bertz CT molecular complexity index is 1710. The number of carboxylic acid groups (broad SMARTS) is 1.